The maximum Gasteiger partial charge on any atom is 0.243 e. The number of aryl methyl sites for hydroxylation is 2. The molecule has 0 saturated carbocycles. The van der Waals surface area contributed by atoms with Crippen LogP contribution in [0.5, 0.6) is 0 Å². The Hall–Kier alpha value is -2.23. The van der Waals surface area contributed by atoms with Gasteiger partial charge in [-0.25, -0.2) is 15.4 Å². The van der Waals surface area contributed by atoms with Crippen molar-refractivity contribution < 1.29 is 0 Å². The SMILES string of the molecule is CCCc1cc(CC)nc(NN=C(C)c2ccc(C(C)CC)cc2)n1. The van der Waals surface area contributed by atoms with Crippen LogP contribution in [0.25, 0.3) is 0 Å². The molecule has 0 aliphatic heterocycles. The first kappa shape index (κ1) is 19.1. The van der Waals surface area contributed by atoms with E-state index in [0.717, 1.165) is 48.3 Å². The van der Waals surface area contributed by atoms with E-state index in [2.05, 4.69) is 78.5 Å². The number of nitrogens with zero attached hydrogens (tertiary/aromatic N) is 3. The molecule has 0 fully saturated rings. The summed E-state index contributed by atoms with van der Waals surface area (Å²) in [6.45, 7) is 10.7. The molecule has 1 atom stereocenters. The highest BCUT2D eigenvalue weighted by Gasteiger charge is 2.05. The number of nitrogens with one attached hydrogen (secondary N) is 1. The van der Waals surface area contributed by atoms with Gasteiger partial charge >= 0.3 is 0 Å². The standard InChI is InChI=1S/C21H30N4/c1-6-9-20-14-19(8-3)22-21(23-20)25-24-16(5)18-12-10-17(11-13-18)15(4)7-2/h10-15H,6-9H2,1-5H3,(H,22,23,25). The average Bonchev–Trinajstić information content (AvgIpc) is 2.65. The van der Waals surface area contributed by atoms with Crippen molar-refractivity contribution in [1.82, 2.24) is 9.97 Å². The van der Waals surface area contributed by atoms with Gasteiger partial charge < -0.3 is 0 Å². The van der Waals surface area contributed by atoms with E-state index in [4.69, 9.17) is 0 Å². The molecule has 0 spiro atoms. The van der Waals surface area contributed by atoms with E-state index in [1.54, 1.807) is 0 Å². The molecular weight excluding hydrogens is 308 g/mol. The number of anilines is 1. The summed E-state index contributed by atoms with van der Waals surface area (Å²) >= 11 is 0. The molecule has 0 saturated heterocycles. The molecule has 4 heteroatoms. The molecular formula is C21H30N4. The van der Waals surface area contributed by atoms with E-state index in [9.17, 15) is 0 Å². The highest BCUT2D eigenvalue weighted by Crippen LogP contribution is 2.19. The van der Waals surface area contributed by atoms with Crippen molar-refractivity contribution in [2.75, 3.05) is 5.43 Å². The quantitative estimate of drug-likeness (QED) is 0.522. The van der Waals surface area contributed by atoms with Crippen LogP contribution in [0.3, 0.4) is 0 Å². The molecule has 2 rings (SSSR count). The molecule has 1 unspecified atom stereocenters. The first-order chi connectivity index (χ1) is 12.1. The summed E-state index contributed by atoms with van der Waals surface area (Å²) in [5, 5.41) is 4.48. The van der Waals surface area contributed by atoms with Gasteiger partial charge in [-0.05, 0) is 49.3 Å². The lowest BCUT2D eigenvalue weighted by molar-refractivity contribution is 0.733. The Kier molecular flexibility index (Phi) is 7.11. The van der Waals surface area contributed by atoms with Crippen LogP contribution in [0.1, 0.15) is 75.9 Å². The molecule has 0 aliphatic rings. The third-order valence-electron chi connectivity index (χ3n) is 4.53. The van der Waals surface area contributed by atoms with Gasteiger partial charge in [0, 0.05) is 11.4 Å². The van der Waals surface area contributed by atoms with Crippen LogP contribution in [-0.4, -0.2) is 15.7 Å². The first-order valence-electron chi connectivity index (χ1n) is 9.34. The minimum atomic E-state index is 0.582. The van der Waals surface area contributed by atoms with Crippen LogP contribution >= 0.6 is 0 Å². The Balaban J connectivity index is 2.13. The third kappa shape index (κ3) is 5.38. The predicted molar refractivity (Wildman–Crippen MR) is 106 cm³/mol. The maximum absolute atomic E-state index is 4.56. The fourth-order valence-corrected chi connectivity index (χ4v) is 2.66. The zero-order valence-corrected chi connectivity index (χ0v) is 16.1. The monoisotopic (exact) mass is 338 g/mol. The molecule has 0 amide bonds. The van der Waals surface area contributed by atoms with Crippen LogP contribution in [0.15, 0.2) is 35.4 Å². The number of hydrogen-bond acceptors (Lipinski definition) is 4. The van der Waals surface area contributed by atoms with Gasteiger partial charge in [0.15, 0.2) is 0 Å². The van der Waals surface area contributed by atoms with Gasteiger partial charge in [-0.1, -0.05) is 58.4 Å². The molecule has 25 heavy (non-hydrogen) atoms. The van der Waals surface area contributed by atoms with Crippen molar-refractivity contribution in [2.24, 2.45) is 5.10 Å². The molecule has 1 N–H and O–H groups in total. The van der Waals surface area contributed by atoms with Crippen molar-refractivity contribution >= 4 is 11.7 Å². The maximum atomic E-state index is 4.56. The van der Waals surface area contributed by atoms with Gasteiger partial charge in [0.05, 0.1) is 5.71 Å². The Bertz CT molecular complexity index is 704. The minimum absolute atomic E-state index is 0.582. The lowest BCUT2D eigenvalue weighted by Crippen LogP contribution is -2.06. The minimum Gasteiger partial charge on any atom is -0.245 e. The largest absolute Gasteiger partial charge is 0.245 e. The lowest BCUT2D eigenvalue weighted by atomic mass is 9.97. The number of hydrazone groups is 1. The fraction of sp³-hybridized carbons (Fsp3) is 0.476. The summed E-state index contributed by atoms with van der Waals surface area (Å²) in [4.78, 5) is 9.07. The van der Waals surface area contributed by atoms with Crippen molar-refractivity contribution in [2.45, 2.75) is 66.2 Å². The fourth-order valence-electron chi connectivity index (χ4n) is 2.66. The summed E-state index contributed by atoms with van der Waals surface area (Å²) < 4.78 is 0. The Labute approximate surface area is 151 Å². The van der Waals surface area contributed by atoms with E-state index in [0.29, 0.717) is 11.9 Å². The highest BCUT2D eigenvalue weighted by atomic mass is 15.4. The second kappa shape index (κ2) is 9.30. The van der Waals surface area contributed by atoms with E-state index in [1.165, 1.54) is 5.56 Å². The Morgan fingerprint density at radius 1 is 1.08 bits per heavy atom. The first-order valence-corrected chi connectivity index (χ1v) is 9.34. The van der Waals surface area contributed by atoms with Crippen molar-refractivity contribution in [3.8, 4) is 0 Å². The van der Waals surface area contributed by atoms with Crippen LogP contribution in [0, 0.1) is 0 Å². The van der Waals surface area contributed by atoms with Gasteiger partial charge in [-0.3, -0.25) is 0 Å². The van der Waals surface area contributed by atoms with Crippen molar-refractivity contribution in [3.05, 3.63) is 52.8 Å². The highest BCUT2D eigenvalue weighted by molar-refractivity contribution is 5.99. The average molecular weight is 338 g/mol. The van der Waals surface area contributed by atoms with E-state index < -0.39 is 0 Å². The molecule has 1 aromatic carbocycles. The van der Waals surface area contributed by atoms with E-state index in [1.807, 2.05) is 6.92 Å². The second-order valence-corrected chi connectivity index (χ2v) is 6.52. The number of aromatic nitrogens is 2. The Morgan fingerprint density at radius 3 is 2.36 bits per heavy atom. The lowest BCUT2D eigenvalue weighted by Gasteiger charge is -2.10. The second-order valence-electron chi connectivity index (χ2n) is 6.52. The van der Waals surface area contributed by atoms with E-state index >= 15 is 0 Å². The van der Waals surface area contributed by atoms with Gasteiger partial charge in [0.2, 0.25) is 5.95 Å². The molecule has 2 aromatic rings. The summed E-state index contributed by atoms with van der Waals surface area (Å²) in [7, 11) is 0. The molecule has 0 aliphatic carbocycles. The van der Waals surface area contributed by atoms with Gasteiger partial charge in [-0.15, -0.1) is 0 Å². The van der Waals surface area contributed by atoms with Gasteiger partial charge in [0.25, 0.3) is 0 Å². The summed E-state index contributed by atoms with van der Waals surface area (Å²) in [6, 6.07) is 10.7. The summed E-state index contributed by atoms with van der Waals surface area (Å²) in [6.07, 6.45) is 4.08. The van der Waals surface area contributed by atoms with Gasteiger partial charge in [0.1, 0.15) is 0 Å². The van der Waals surface area contributed by atoms with E-state index in [-0.39, 0.29) is 0 Å². The smallest absolute Gasteiger partial charge is 0.243 e. The Morgan fingerprint density at radius 2 is 1.76 bits per heavy atom. The molecule has 1 aromatic heterocycles. The topological polar surface area (TPSA) is 50.2 Å². The normalized spacial score (nSPS) is 12.9. The molecule has 1 heterocycles. The van der Waals surface area contributed by atoms with Crippen molar-refractivity contribution in [3.63, 3.8) is 0 Å². The van der Waals surface area contributed by atoms with Crippen LogP contribution in [0.2, 0.25) is 0 Å². The van der Waals surface area contributed by atoms with Gasteiger partial charge in [-0.2, -0.15) is 5.10 Å². The molecule has 0 bridgehead atoms. The van der Waals surface area contributed by atoms with Crippen molar-refractivity contribution in [1.29, 1.82) is 0 Å². The third-order valence-corrected chi connectivity index (χ3v) is 4.53. The molecule has 0 radical (unpaired) electrons. The number of benzene rings is 1. The number of hydrogen-bond donors (Lipinski definition) is 1. The molecule has 4 nitrogen and oxygen atoms in total. The van der Waals surface area contributed by atoms with Crippen LogP contribution < -0.4 is 5.43 Å². The summed E-state index contributed by atoms with van der Waals surface area (Å²) in [5.41, 5.74) is 8.56. The molecule has 134 valence electrons. The zero-order valence-electron chi connectivity index (χ0n) is 16.1. The predicted octanol–water partition coefficient (Wildman–Crippen LogP) is 5.34. The zero-order chi connectivity index (χ0) is 18.2. The summed E-state index contributed by atoms with van der Waals surface area (Å²) in [5.74, 6) is 1.17. The number of rotatable bonds is 8. The van der Waals surface area contributed by atoms with Crippen LogP contribution in [-0.2, 0) is 12.8 Å². The van der Waals surface area contributed by atoms with Crippen LogP contribution in [0.4, 0.5) is 5.95 Å².